The third-order valence-corrected chi connectivity index (χ3v) is 8.40. The Morgan fingerprint density at radius 2 is 1.36 bits per heavy atom. The van der Waals surface area contributed by atoms with Gasteiger partial charge in [-0.1, -0.05) is 70.4 Å². The highest BCUT2D eigenvalue weighted by Gasteiger charge is 2.48. The van der Waals surface area contributed by atoms with E-state index < -0.39 is 42.1 Å². The molecule has 0 amide bonds. The van der Waals surface area contributed by atoms with Gasteiger partial charge in [0.2, 0.25) is 0 Å². The Morgan fingerprint density at radius 3 is 1.91 bits per heavy atom. The number of unbranched alkanes of at least 4 members (excludes halogenated alkanes) is 2. The van der Waals surface area contributed by atoms with Crippen molar-refractivity contribution < 1.29 is 37.3 Å². The predicted octanol–water partition coefficient (Wildman–Crippen LogP) is 7.91. The summed E-state index contributed by atoms with van der Waals surface area (Å²) in [6.07, 6.45) is 5.88. The molecule has 1 aliphatic heterocycles. The van der Waals surface area contributed by atoms with Gasteiger partial charge in [0.05, 0.1) is 18.8 Å². The molecule has 2 fully saturated rings. The Hall–Kier alpha value is -3.28. The number of hydrogen-bond acceptors (Lipinski definition) is 6. The van der Waals surface area contributed by atoms with Crippen molar-refractivity contribution in [3.8, 4) is 11.8 Å². The van der Waals surface area contributed by atoms with Gasteiger partial charge in [0, 0.05) is 11.1 Å². The van der Waals surface area contributed by atoms with Crippen LogP contribution in [-0.2, 0) is 28.5 Å². The molecule has 238 valence electrons. The largest absolute Gasteiger partial charge is 0.464 e. The van der Waals surface area contributed by atoms with Crippen molar-refractivity contribution in [2.45, 2.75) is 109 Å². The number of rotatable bonds is 12. The maximum Gasteiger partial charge on any atom is 0.338 e. The highest BCUT2D eigenvalue weighted by atomic mass is 19.2. The van der Waals surface area contributed by atoms with Crippen LogP contribution in [0.25, 0.3) is 0 Å². The second kappa shape index (κ2) is 16.7. The first kappa shape index (κ1) is 33.6. The van der Waals surface area contributed by atoms with Crippen LogP contribution >= 0.6 is 0 Å². The fourth-order valence-corrected chi connectivity index (χ4v) is 5.76. The van der Waals surface area contributed by atoms with E-state index >= 15 is 8.78 Å². The molecular formula is C36H44F2O6. The SMILES string of the molecule is CCCCOC(=O)[C@@H]1OC(c2ccc(C#Cc3ccc(C4CCC(CCC)CC4)cc3)c(F)c2F)O[C@H]1C(=O)OCCCC. The fraction of sp³-hybridized carbons (Fsp3) is 0.556. The highest BCUT2D eigenvalue weighted by Crippen LogP contribution is 2.38. The minimum absolute atomic E-state index is 0.131. The van der Waals surface area contributed by atoms with Crippen molar-refractivity contribution in [3.05, 3.63) is 70.3 Å². The standard InChI is InChI=1S/C36H44F2O6/c1-4-7-22-41-34(39)32-33(35(40)42-23-8-5-2)44-36(43-32)29-21-20-28(30(37)31(29)38)19-14-25-12-17-27(18-13-25)26-15-10-24(9-6-3)11-16-26/h12-13,17-18,20-21,24,26,32-33,36H,4-11,15-16,22-23H2,1-3H3/t24?,26?,32-,33-/m1/s1. The number of esters is 2. The molecule has 0 aromatic heterocycles. The number of carbonyl (C=O) groups excluding carboxylic acids is 2. The quantitative estimate of drug-likeness (QED) is 0.138. The lowest BCUT2D eigenvalue weighted by Gasteiger charge is -2.28. The fourth-order valence-electron chi connectivity index (χ4n) is 5.76. The minimum atomic E-state index is -1.51. The maximum absolute atomic E-state index is 15.3. The average Bonchev–Trinajstić information content (AvgIpc) is 3.48. The van der Waals surface area contributed by atoms with Crippen molar-refractivity contribution in [1.29, 1.82) is 0 Å². The van der Waals surface area contributed by atoms with E-state index in [1.807, 2.05) is 26.0 Å². The first-order valence-corrected chi connectivity index (χ1v) is 16.1. The van der Waals surface area contributed by atoms with E-state index in [9.17, 15) is 9.59 Å². The molecule has 0 bridgehead atoms. The van der Waals surface area contributed by atoms with Crippen molar-refractivity contribution in [2.24, 2.45) is 5.92 Å². The second-order valence-corrected chi connectivity index (χ2v) is 11.7. The molecule has 1 saturated heterocycles. The number of benzene rings is 2. The Morgan fingerprint density at radius 1 is 0.773 bits per heavy atom. The van der Waals surface area contributed by atoms with Crippen LogP contribution in [0.1, 0.15) is 119 Å². The molecule has 0 radical (unpaired) electrons. The molecule has 2 aromatic rings. The summed E-state index contributed by atoms with van der Waals surface area (Å²) in [6, 6.07) is 10.6. The molecule has 4 rings (SSSR count). The molecule has 0 spiro atoms. The summed E-state index contributed by atoms with van der Waals surface area (Å²) >= 11 is 0. The van der Waals surface area contributed by atoms with Gasteiger partial charge in [0.1, 0.15) is 0 Å². The van der Waals surface area contributed by atoms with Crippen LogP contribution in [0.4, 0.5) is 8.78 Å². The third-order valence-electron chi connectivity index (χ3n) is 8.40. The summed E-state index contributed by atoms with van der Waals surface area (Å²) in [7, 11) is 0. The van der Waals surface area contributed by atoms with Crippen molar-refractivity contribution in [1.82, 2.24) is 0 Å². The molecule has 2 atom stereocenters. The van der Waals surface area contributed by atoms with E-state index in [0.717, 1.165) is 18.8 Å². The van der Waals surface area contributed by atoms with E-state index in [2.05, 4.69) is 30.9 Å². The molecule has 2 aromatic carbocycles. The van der Waals surface area contributed by atoms with Crippen LogP contribution in [0, 0.1) is 29.4 Å². The van der Waals surface area contributed by atoms with Crippen molar-refractivity contribution in [3.63, 3.8) is 0 Å². The molecule has 0 unspecified atom stereocenters. The topological polar surface area (TPSA) is 71.1 Å². The lowest BCUT2D eigenvalue weighted by atomic mass is 9.77. The summed E-state index contributed by atoms with van der Waals surface area (Å²) in [5.41, 5.74) is 1.58. The first-order chi connectivity index (χ1) is 21.4. The molecule has 0 N–H and O–H groups in total. The normalized spacial score (nSPS) is 21.8. The number of ether oxygens (including phenoxy) is 4. The lowest BCUT2D eigenvalue weighted by Crippen LogP contribution is -2.39. The van der Waals surface area contributed by atoms with Gasteiger partial charge < -0.3 is 18.9 Å². The van der Waals surface area contributed by atoms with Crippen LogP contribution in [-0.4, -0.2) is 37.4 Å². The zero-order valence-corrected chi connectivity index (χ0v) is 26.0. The molecular weight excluding hydrogens is 566 g/mol. The second-order valence-electron chi connectivity index (χ2n) is 11.7. The lowest BCUT2D eigenvalue weighted by molar-refractivity contribution is -0.163. The summed E-state index contributed by atoms with van der Waals surface area (Å²) in [4.78, 5) is 25.4. The Labute approximate surface area is 259 Å². The predicted molar refractivity (Wildman–Crippen MR) is 163 cm³/mol. The zero-order valence-electron chi connectivity index (χ0n) is 26.0. The monoisotopic (exact) mass is 610 g/mol. The van der Waals surface area contributed by atoms with E-state index in [-0.39, 0.29) is 24.3 Å². The molecule has 1 aliphatic carbocycles. The molecule has 8 heteroatoms. The maximum atomic E-state index is 15.3. The van der Waals surface area contributed by atoms with Gasteiger partial charge in [-0.25, -0.2) is 18.4 Å². The summed E-state index contributed by atoms with van der Waals surface area (Å²) < 4.78 is 52.1. The summed E-state index contributed by atoms with van der Waals surface area (Å²) in [5.74, 6) is 3.01. The third kappa shape index (κ3) is 8.67. The number of carbonyl (C=O) groups is 2. The van der Waals surface area contributed by atoms with Crippen molar-refractivity contribution in [2.75, 3.05) is 13.2 Å². The number of halogens is 2. The van der Waals surface area contributed by atoms with E-state index in [1.54, 1.807) is 0 Å². The van der Waals surface area contributed by atoms with Crippen LogP contribution in [0.2, 0.25) is 0 Å². The Bertz CT molecular complexity index is 1280. The van der Waals surface area contributed by atoms with Gasteiger partial charge in [-0.3, -0.25) is 0 Å². The van der Waals surface area contributed by atoms with E-state index in [4.69, 9.17) is 18.9 Å². The van der Waals surface area contributed by atoms with Crippen LogP contribution in [0.15, 0.2) is 36.4 Å². The number of hydrogen-bond donors (Lipinski definition) is 0. The van der Waals surface area contributed by atoms with Gasteiger partial charge >= 0.3 is 11.9 Å². The van der Waals surface area contributed by atoms with Crippen LogP contribution in [0.3, 0.4) is 0 Å². The van der Waals surface area contributed by atoms with Gasteiger partial charge in [-0.15, -0.1) is 0 Å². The van der Waals surface area contributed by atoms with Gasteiger partial charge in [0.15, 0.2) is 30.1 Å². The van der Waals surface area contributed by atoms with Crippen molar-refractivity contribution >= 4 is 11.9 Å². The van der Waals surface area contributed by atoms with Crippen LogP contribution < -0.4 is 0 Å². The van der Waals surface area contributed by atoms with Gasteiger partial charge in [0.25, 0.3) is 0 Å². The van der Waals surface area contributed by atoms with Crippen LogP contribution in [0.5, 0.6) is 0 Å². The van der Waals surface area contributed by atoms with Gasteiger partial charge in [-0.2, -0.15) is 0 Å². The minimum Gasteiger partial charge on any atom is -0.464 e. The molecule has 1 heterocycles. The van der Waals surface area contributed by atoms with Gasteiger partial charge in [-0.05, 0) is 80.2 Å². The van der Waals surface area contributed by atoms with E-state index in [0.29, 0.717) is 24.3 Å². The zero-order chi connectivity index (χ0) is 31.5. The Kier molecular flexibility index (Phi) is 12.8. The average molecular weight is 611 g/mol. The Balaban J connectivity index is 1.44. The summed E-state index contributed by atoms with van der Waals surface area (Å²) in [5, 5.41) is 0. The first-order valence-electron chi connectivity index (χ1n) is 16.1. The smallest absolute Gasteiger partial charge is 0.338 e. The summed E-state index contributed by atoms with van der Waals surface area (Å²) in [6.45, 7) is 6.39. The molecule has 44 heavy (non-hydrogen) atoms. The van der Waals surface area contributed by atoms with E-state index in [1.165, 1.54) is 56.2 Å². The highest BCUT2D eigenvalue weighted by molar-refractivity contribution is 5.86. The molecule has 1 saturated carbocycles. The molecule has 2 aliphatic rings. The molecule has 6 nitrogen and oxygen atoms in total.